The lowest BCUT2D eigenvalue weighted by atomic mass is 9.94. The van der Waals surface area contributed by atoms with Gasteiger partial charge in [-0.2, -0.15) is 4.98 Å². The van der Waals surface area contributed by atoms with E-state index < -0.39 is 0 Å². The molecule has 5 heteroatoms. The minimum atomic E-state index is 0.0541. The lowest BCUT2D eigenvalue weighted by molar-refractivity contribution is -0.130. The second-order valence-corrected chi connectivity index (χ2v) is 7.50. The van der Waals surface area contributed by atoms with Gasteiger partial charge in [0.05, 0.1) is 0 Å². The Labute approximate surface area is 148 Å². The molecule has 1 aliphatic heterocycles. The van der Waals surface area contributed by atoms with Crippen LogP contribution in [0.4, 0.5) is 0 Å². The SMILES string of the molecule is Cc1ccc(-c2nc(C3CC(=O)N(C4CCCCC4)C3)no2)cc1C. The molecule has 0 bridgehead atoms. The molecule has 1 aromatic heterocycles. The van der Waals surface area contributed by atoms with Gasteiger partial charge in [-0.05, 0) is 49.9 Å². The molecule has 2 heterocycles. The monoisotopic (exact) mass is 339 g/mol. The average Bonchev–Trinajstić information content (AvgIpc) is 3.25. The molecule has 25 heavy (non-hydrogen) atoms. The maximum atomic E-state index is 12.5. The lowest BCUT2D eigenvalue weighted by Crippen LogP contribution is -2.37. The van der Waals surface area contributed by atoms with Crippen LogP contribution in [0.2, 0.25) is 0 Å². The zero-order chi connectivity index (χ0) is 17.4. The Bertz CT molecular complexity index is 777. The summed E-state index contributed by atoms with van der Waals surface area (Å²) in [5, 5.41) is 4.18. The van der Waals surface area contributed by atoms with Crippen LogP contribution >= 0.6 is 0 Å². The summed E-state index contributed by atoms with van der Waals surface area (Å²) in [6.45, 7) is 4.89. The van der Waals surface area contributed by atoms with Crippen LogP contribution in [0.3, 0.4) is 0 Å². The summed E-state index contributed by atoms with van der Waals surface area (Å²) in [4.78, 5) is 19.1. The van der Waals surface area contributed by atoms with E-state index in [1.54, 1.807) is 0 Å². The molecular formula is C20H25N3O2. The number of likely N-dealkylation sites (tertiary alicyclic amines) is 1. The standard InChI is InChI=1S/C20H25N3O2/c1-13-8-9-15(10-14(13)2)20-21-19(22-25-20)16-11-18(24)23(12-16)17-6-4-3-5-7-17/h8-10,16-17H,3-7,11-12H2,1-2H3. The number of nitrogens with zero attached hydrogens (tertiary/aromatic N) is 3. The summed E-state index contributed by atoms with van der Waals surface area (Å²) in [7, 11) is 0. The van der Waals surface area contributed by atoms with E-state index in [-0.39, 0.29) is 11.8 Å². The highest BCUT2D eigenvalue weighted by Gasteiger charge is 2.37. The van der Waals surface area contributed by atoms with Crippen molar-refractivity contribution in [2.75, 3.05) is 6.54 Å². The minimum Gasteiger partial charge on any atom is -0.339 e. The maximum Gasteiger partial charge on any atom is 0.257 e. The molecule has 1 amide bonds. The van der Waals surface area contributed by atoms with Crippen LogP contribution in [0.5, 0.6) is 0 Å². The summed E-state index contributed by atoms with van der Waals surface area (Å²) in [6.07, 6.45) is 6.54. The Morgan fingerprint density at radius 2 is 1.92 bits per heavy atom. The number of rotatable bonds is 3. The normalized spacial score (nSPS) is 21.9. The number of aryl methyl sites for hydroxylation is 2. The van der Waals surface area contributed by atoms with E-state index in [4.69, 9.17) is 4.52 Å². The van der Waals surface area contributed by atoms with Crippen molar-refractivity contribution in [1.82, 2.24) is 15.0 Å². The maximum absolute atomic E-state index is 12.5. The Hall–Kier alpha value is -2.17. The van der Waals surface area contributed by atoms with E-state index >= 15 is 0 Å². The molecule has 0 radical (unpaired) electrons. The quantitative estimate of drug-likeness (QED) is 0.848. The van der Waals surface area contributed by atoms with Gasteiger partial charge in [-0.1, -0.05) is 30.5 Å². The first kappa shape index (κ1) is 16.3. The Kier molecular flexibility index (Phi) is 4.32. The molecule has 2 fully saturated rings. The van der Waals surface area contributed by atoms with Crippen molar-refractivity contribution >= 4 is 5.91 Å². The van der Waals surface area contributed by atoms with Gasteiger partial charge in [0, 0.05) is 30.5 Å². The third kappa shape index (κ3) is 3.20. The molecule has 4 rings (SSSR count). The van der Waals surface area contributed by atoms with Gasteiger partial charge < -0.3 is 9.42 Å². The Morgan fingerprint density at radius 3 is 2.68 bits per heavy atom. The fourth-order valence-corrected chi connectivity index (χ4v) is 4.04. The van der Waals surface area contributed by atoms with Crippen molar-refractivity contribution < 1.29 is 9.32 Å². The van der Waals surface area contributed by atoms with Gasteiger partial charge in [-0.15, -0.1) is 0 Å². The molecule has 1 saturated carbocycles. The number of amides is 1. The number of hydrogen-bond donors (Lipinski definition) is 0. The molecule has 0 N–H and O–H groups in total. The lowest BCUT2D eigenvalue weighted by Gasteiger charge is -2.31. The summed E-state index contributed by atoms with van der Waals surface area (Å²) < 4.78 is 5.48. The molecule has 2 aliphatic rings. The smallest absolute Gasteiger partial charge is 0.257 e. The van der Waals surface area contributed by atoms with Crippen LogP contribution in [0.1, 0.15) is 61.4 Å². The van der Waals surface area contributed by atoms with Gasteiger partial charge in [-0.3, -0.25) is 4.79 Å². The van der Waals surface area contributed by atoms with E-state index in [1.165, 1.54) is 30.4 Å². The number of benzene rings is 1. The highest BCUT2D eigenvalue weighted by atomic mass is 16.5. The fourth-order valence-electron chi connectivity index (χ4n) is 4.04. The third-order valence-electron chi connectivity index (χ3n) is 5.73. The highest BCUT2D eigenvalue weighted by molar-refractivity contribution is 5.80. The van der Waals surface area contributed by atoms with Crippen molar-refractivity contribution in [3.05, 3.63) is 35.2 Å². The first-order valence-electron chi connectivity index (χ1n) is 9.32. The molecule has 132 valence electrons. The van der Waals surface area contributed by atoms with Crippen LogP contribution in [0.25, 0.3) is 11.5 Å². The van der Waals surface area contributed by atoms with Gasteiger partial charge >= 0.3 is 0 Å². The molecule has 1 aliphatic carbocycles. The van der Waals surface area contributed by atoms with Gasteiger partial charge in [0.25, 0.3) is 5.89 Å². The van der Waals surface area contributed by atoms with Gasteiger partial charge in [-0.25, -0.2) is 0 Å². The summed E-state index contributed by atoms with van der Waals surface area (Å²) >= 11 is 0. The topological polar surface area (TPSA) is 59.2 Å². The van der Waals surface area contributed by atoms with Crippen LogP contribution < -0.4 is 0 Å². The largest absolute Gasteiger partial charge is 0.339 e. The number of carbonyl (C=O) groups is 1. The second kappa shape index (κ2) is 6.62. The first-order chi connectivity index (χ1) is 12.1. The molecule has 1 saturated heterocycles. The van der Waals surface area contributed by atoms with Crippen molar-refractivity contribution in [3.8, 4) is 11.5 Å². The Balaban J connectivity index is 1.50. The van der Waals surface area contributed by atoms with Gasteiger partial charge in [0.15, 0.2) is 5.82 Å². The number of hydrogen-bond acceptors (Lipinski definition) is 4. The van der Waals surface area contributed by atoms with Crippen LogP contribution in [-0.2, 0) is 4.79 Å². The molecule has 5 nitrogen and oxygen atoms in total. The second-order valence-electron chi connectivity index (χ2n) is 7.50. The minimum absolute atomic E-state index is 0.0541. The highest BCUT2D eigenvalue weighted by Crippen LogP contribution is 2.33. The molecular weight excluding hydrogens is 314 g/mol. The summed E-state index contributed by atoms with van der Waals surface area (Å²) in [5.74, 6) is 1.51. The predicted molar refractivity (Wildman–Crippen MR) is 95.2 cm³/mol. The van der Waals surface area contributed by atoms with Crippen LogP contribution in [0, 0.1) is 13.8 Å². The van der Waals surface area contributed by atoms with Crippen LogP contribution in [0.15, 0.2) is 22.7 Å². The Morgan fingerprint density at radius 1 is 1.12 bits per heavy atom. The van der Waals surface area contributed by atoms with E-state index in [9.17, 15) is 4.79 Å². The van der Waals surface area contributed by atoms with Gasteiger partial charge in [0.2, 0.25) is 5.91 Å². The average molecular weight is 339 g/mol. The van der Waals surface area contributed by atoms with Crippen molar-refractivity contribution in [2.24, 2.45) is 0 Å². The summed E-state index contributed by atoms with van der Waals surface area (Å²) in [5.41, 5.74) is 3.39. The van der Waals surface area contributed by atoms with E-state index in [2.05, 4.69) is 41.0 Å². The van der Waals surface area contributed by atoms with Crippen molar-refractivity contribution in [1.29, 1.82) is 0 Å². The van der Waals surface area contributed by atoms with Crippen molar-refractivity contribution in [2.45, 2.75) is 64.3 Å². The third-order valence-corrected chi connectivity index (χ3v) is 5.73. The fraction of sp³-hybridized carbons (Fsp3) is 0.550. The zero-order valence-electron chi connectivity index (χ0n) is 15.0. The van der Waals surface area contributed by atoms with E-state index in [0.29, 0.717) is 24.2 Å². The molecule has 2 aromatic rings. The van der Waals surface area contributed by atoms with Crippen molar-refractivity contribution in [3.63, 3.8) is 0 Å². The molecule has 1 atom stereocenters. The van der Waals surface area contributed by atoms with Gasteiger partial charge in [0.1, 0.15) is 0 Å². The molecule has 1 aromatic carbocycles. The first-order valence-corrected chi connectivity index (χ1v) is 9.32. The van der Waals surface area contributed by atoms with E-state index in [1.807, 2.05) is 6.07 Å². The summed E-state index contributed by atoms with van der Waals surface area (Å²) in [6, 6.07) is 6.56. The zero-order valence-corrected chi connectivity index (χ0v) is 15.0. The number of aromatic nitrogens is 2. The van der Waals surface area contributed by atoms with E-state index in [0.717, 1.165) is 24.9 Å². The molecule has 1 unspecified atom stereocenters. The molecule has 0 spiro atoms. The predicted octanol–water partition coefficient (Wildman–Crippen LogP) is 4.00. The van der Waals surface area contributed by atoms with Crippen LogP contribution in [-0.4, -0.2) is 33.5 Å². The number of carbonyl (C=O) groups excluding carboxylic acids is 1.